The molecule has 100 valence electrons. The van der Waals surface area contributed by atoms with E-state index in [-0.39, 0.29) is 18.3 Å². The molecule has 0 amide bonds. The second-order valence-corrected chi connectivity index (χ2v) is 4.80. The molecular weight excluding hydrogens is 262 g/mol. The van der Waals surface area contributed by atoms with Crippen LogP contribution in [0, 0.1) is 0 Å². The first kappa shape index (κ1) is 13.8. The zero-order valence-corrected chi connectivity index (χ0v) is 11.2. The minimum atomic E-state index is -0.752. The average Bonchev–Trinajstić information content (AvgIpc) is 2.87. The fourth-order valence-electron chi connectivity index (χ4n) is 2.77. The summed E-state index contributed by atoms with van der Waals surface area (Å²) in [5, 5.41) is 14.5. The van der Waals surface area contributed by atoms with Gasteiger partial charge >= 0.3 is 5.97 Å². The lowest BCUT2D eigenvalue weighted by molar-refractivity contribution is -0.139. The summed E-state index contributed by atoms with van der Waals surface area (Å²) in [7, 11) is 0. The Morgan fingerprint density at radius 1 is 1.16 bits per heavy atom. The van der Waals surface area contributed by atoms with Crippen molar-refractivity contribution in [2.24, 2.45) is 0 Å². The number of nitrogens with one attached hydrogen (secondary N) is 1. The minimum absolute atomic E-state index is 0. The number of hydrogen-bond acceptors (Lipinski definition) is 2. The van der Waals surface area contributed by atoms with E-state index in [4.69, 9.17) is 5.11 Å². The Labute approximate surface area is 118 Å². The molecule has 0 saturated carbocycles. The highest BCUT2D eigenvalue weighted by Gasteiger charge is 2.30. The van der Waals surface area contributed by atoms with Gasteiger partial charge in [-0.2, -0.15) is 0 Å². The van der Waals surface area contributed by atoms with Gasteiger partial charge in [-0.3, -0.25) is 4.79 Å². The van der Waals surface area contributed by atoms with Crippen molar-refractivity contribution in [1.29, 1.82) is 0 Å². The SMILES string of the molecule is Cl.O=C(O)[C@@H]1C[C@@H](c2cccc3ccccc23)CN1. The van der Waals surface area contributed by atoms with E-state index in [0.717, 1.165) is 6.54 Å². The molecule has 3 nitrogen and oxygen atoms in total. The lowest BCUT2D eigenvalue weighted by atomic mass is 9.91. The average molecular weight is 278 g/mol. The molecule has 0 aromatic heterocycles. The Bertz CT molecular complexity index is 594. The van der Waals surface area contributed by atoms with Gasteiger partial charge in [-0.15, -0.1) is 12.4 Å². The molecule has 3 rings (SSSR count). The quantitative estimate of drug-likeness (QED) is 0.887. The van der Waals surface area contributed by atoms with Crippen LogP contribution in [-0.4, -0.2) is 23.7 Å². The molecule has 1 aliphatic rings. The number of carbonyl (C=O) groups is 1. The van der Waals surface area contributed by atoms with Crippen LogP contribution in [0.4, 0.5) is 0 Å². The van der Waals surface area contributed by atoms with Crippen LogP contribution in [0.25, 0.3) is 10.8 Å². The van der Waals surface area contributed by atoms with E-state index in [0.29, 0.717) is 6.42 Å². The van der Waals surface area contributed by atoms with Gasteiger partial charge in [0.15, 0.2) is 0 Å². The number of aliphatic carboxylic acids is 1. The predicted octanol–water partition coefficient (Wildman–Crippen LogP) is 2.79. The highest BCUT2D eigenvalue weighted by Crippen LogP contribution is 2.31. The molecule has 2 aromatic rings. The minimum Gasteiger partial charge on any atom is -0.480 e. The van der Waals surface area contributed by atoms with Crippen LogP contribution in [0.1, 0.15) is 17.9 Å². The maximum Gasteiger partial charge on any atom is 0.320 e. The van der Waals surface area contributed by atoms with E-state index < -0.39 is 12.0 Å². The molecule has 0 bridgehead atoms. The first-order chi connectivity index (χ1) is 8.75. The molecule has 2 N–H and O–H groups in total. The number of fused-ring (bicyclic) bond motifs is 1. The number of rotatable bonds is 2. The number of carboxylic acids is 1. The summed E-state index contributed by atoms with van der Waals surface area (Å²) in [5.41, 5.74) is 1.25. The van der Waals surface area contributed by atoms with Gasteiger partial charge < -0.3 is 10.4 Å². The topological polar surface area (TPSA) is 49.3 Å². The lowest BCUT2D eigenvalue weighted by Crippen LogP contribution is -2.29. The van der Waals surface area contributed by atoms with Crippen molar-refractivity contribution < 1.29 is 9.90 Å². The maximum atomic E-state index is 11.0. The van der Waals surface area contributed by atoms with Gasteiger partial charge in [-0.1, -0.05) is 42.5 Å². The largest absolute Gasteiger partial charge is 0.480 e. The molecular formula is C15H16ClNO2. The standard InChI is InChI=1S/C15H15NO2.ClH/c17-15(18)14-8-11(9-16-14)13-7-3-5-10-4-1-2-6-12(10)13;/h1-7,11,14,16H,8-9H2,(H,17,18);1H/t11-,14+;/m1./s1. The van der Waals surface area contributed by atoms with Crippen LogP contribution < -0.4 is 5.32 Å². The lowest BCUT2D eigenvalue weighted by Gasteiger charge is -2.12. The summed E-state index contributed by atoms with van der Waals surface area (Å²) in [5.74, 6) is -0.463. The molecule has 1 heterocycles. The third-order valence-electron chi connectivity index (χ3n) is 3.69. The van der Waals surface area contributed by atoms with Gasteiger partial charge in [0.1, 0.15) is 6.04 Å². The fraction of sp³-hybridized carbons (Fsp3) is 0.267. The van der Waals surface area contributed by atoms with E-state index in [1.54, 1.807) is 0 Å². The highest BCUT2D eigenvalue weighted by molar-refractivity contribution is 5.86. The van der Waals surface area contributed by atoms with Gasteiger partial charge in [-0.05, 0) is 28.7 Å². The van der Waals surface area contributed by atoms with E-state index in [9.17, 15) is 4.79 Å². The maximum absolute atomic E-state index is 11.0. The van der Waals surface area contributed by atoms with Crippen LogP contribution in [0.15, 0.2) is 42.5 Å². The van der Waals surface area contributed by atoms with Gasteiger partial charge in [0.05, 0.1) is 0 Å². The summed E-state index contributed by atoms with van der Waals surface area (Å²) in [6.45, 7) is 0.741. The molecule has 19 heavy (non-hydrogen) atoms. The Morgan fingerprint density at radius 2 is 1.89 bits per heavy atom. The van der Waals surface area contributed by atoms with Crippen molar-refractivity contribution in [3.05, 3.63) is 48.0 Å². The highest BCUT2D eigenvalue weighted by atomic mass is 35.5. The van der Waals surface area contributed by atoms with E-state index in [2.05, 4.69) is 29.6 Å². The normalized spacial score (nSPS) is 22.1. The van der Waals surface area contributed by atoms with Crippen LogP contribution in [0.5, 0.6) is 0 Å². The zero-order valence-electron chi connectivity index (χ0n) is 10.4. The number of hydrogen-bond donors (Lipinski definition) is 2. The summed E-state index contributed by atoms with van der Waals surface area (Å²) in [4.78, 5) is 11.0. The Balaban J connectivity index is 0.00000133. The molecule has 0 radical (unpaired) electrons. The first-order valence-corrected chi connectivity index (χ1v) is 6.19. The van der Waals surface area contributed by atoms with Crippen LogP contribution in [-0.2, 0) is 4.79 Å². The smallest absolute Gasteiger partial charge is 0.320 e. The second-order valence-electron chi connectivity index (χ2n) is 4.80. The molecule has 2 aromatic carbocycles. The summed E-state index contributed by atoms with van der Waals surface area (Å²) in [6, 6.07) is 14.1. The number of carboxylic acid groups (broad SMARTS) is 1. The van der Waals surface area contributed by atoms with Crippen LogP contribution in [0.3, 0.4) is 0 Å². The Hall–Kier alpha value is -1.58. The number of benzene rings is 2. The van der Waals surface area contributed by atoms with Gasteiger partial charge in [-0.25, -0.2) is 0 Å². The summed E-state index contributed by atoms with van der Waals surface area (Å²) in [6.07, 6.45) is 0.670. The zero-order chi connectivity index (χ0) is 12.5. The van der Waals surface area contributed by atoms with E-state index >= 15 is 0 Å². The molecule has 1 fully saturated rings. The molecule has 4 heteroatoms. The molecule has 0 spiro atoms. The second kappa shape index (κ2) is 5.59. The Kier molecular flexibility index (Phi) is 4.08. The van der Waals surface area contributed by atoms with Gasteiger partial charge in [0.25, 0.3) is 0 Å². The molecule has 0 unspecified atom stereocenters. The third-order valence-corrected chi connectivity index (χ3v) is 3.69. The summed E-state index contributed by atoms with van der Waals surface area (Å²) < 4.78 is 0. The van der Waals surface area contributed by atoms with Crippen molar-refractivity contribution in [1.82, 2.24) is 5.32 Å². The Morgan fingerprint density at radius 3 is 2.63 bits per heavy atom. The number of halogens is 1. The first-order valence-electron chi connectivity index (χ1n) is 6.19. The third kappa shape index (κ3) is 2.57. The van der Waals surface area contributed by atoms with Crippen molar-refractivity contribution in [2.75, 3.05) is 6.54 Å². The molecule has 0 aliphatic carbocycles. The van der Waals surface area contributed by atoms with Crippen LogP contribution in [0.2, 0.25) is 0 Å². The van der Waals surface area contributed by atoms with Crippen molar-refractivity contribution in [2.45, 2.75) is 18.4 Å². The monoisotopic (exact) mass is 277 g/mol. The summed E-state index contributed by atoms with van der Waals surface area (Å²) >= 11 is 0. The van der Waals surface area contributed by atoms with Crippen molar-refractivity contribution >= 4 is 29.1 Å². The van der Waals surface area contributed by atoms with Gasteiger partial charge in [0, 0.05) is 6.54 Å². The van der Waals surface area contributed by atoms with Gasteiger partial charge in [0.2, 0.25) is 0 Å². The van der Waals surface area contributed by atoms with Crippen molar-refractivity contribution in [3.63, 3.8) is 0 Å². The van der Waals surface area contributed by atoms with Crippen LogP contribution >= 0.6 is 12.4 Å². The molecule has 1 saturated heterocycles. The predicted molar refractivity (Wildman–Crippen MR) is 78.0 cm³/mol. The van der Waals surface area contributed by atoms with E-state index in [1.807, 2.05) is 18.2 Å². The van der Waals surface area contributed by atoms with E-state index in [1.165, 1.54) is 16.3 Å². The molecule has 2 atom stereocenters. The molecule has 1 aliphatic heterocycles. The fourth-order valence-corrected chi connectivity index (χ4v) is 2.77. The van der Waals surface area contributed by atoms with Crippen molar-refractivity contribution in [3.8, 4) is 0 Å².